The number of carbonyl (C=O) groups excluding carboxylic acids is 1. The lowest BCUT2D eigenvalue weighted by Crippen LogP contribution is -2.36. The lowest BCUT2D eigenvalue weighted by atomic mass is 10.1. The molecule has 0 unspecified atom stereocenters. The third-order valence-electron chi connectivity index (χ3n) is 4.30. The Morgan fingerprint density at radius 3 is 2.19 bits per heavy atom. The number of nitrogens with zero attached hydrogens (tertiary/aromatic N) is 2. The highest BCUT2D eigenvalue weighted by atomic mass is 32.2. The number of sulfonamides is 1. The molecule has 0 atom stereocenters. The van der Waals surface area contributed by atoms with Crippen LogP contribution in [0.15, 0.2) is 54.6 Å². The Hall–Kier alpha value is -2.25. The van der Waals surface area contributed by atoms with E-state index in [4.69, 9.17) is 0 Å². The predicted molar refractivity (Wildman–Crippen MR) is 104 cm³/mol. The molecule has 0 saturated carbocycles. The summed E-state index contributed by atoms with van der Waals surface area (Å²) in [6.45, 7) is 0.853. The van der Waals surface area contributed by atoms with E-state index in [0.29, 0.717) is 13.0 Å². The molecule has 0 radical (unpaired) electrons. The number of hydrogen-bond acceptors (Lipinski definition) is 3. The van der Waals surface area contributed by atoms with Crippen molar-refractivity contribution in [2.24, 2.45) is 0 Å². The van der Waals surface area contributed by atoms with Crippen molar-refractivity contribution >= 4 is 15.9 Å². The minimum absolute atomic E-state index is 0.111. The second-order valence-corrected chi connectivity index (χ2v) is 8.51. The van der Waals surface area contributed by atoms with Gasteiger partial charge in [0.05, 0.1) is 6.26 Å². The van der Waals surface area contributed by atoms with E-state index in [0.717, 1.165) is 17.4 Å². The molecule has 0 aromatic heterocycles. The van der Waals surface area contributed by atoms with E-state index in [1.807, 2.05) is 30.3 Å². The summed E-state index contributed by atoms with van der Waals surface area (Å²) in [7, 11) is -1.73. The zero-order valence-electron chi connectivity index (χ0n) is 15.6. The molecule has 0 heterocycles. The van der Waals surface area contributed by atoms with Crippen LogP contribution in [0.1, 0.15) is 17.5 Å². The number of rotatable bonds is 9. The molecule has 5 nitrogen and oxygen atoms in total. The van der Waals surface area contributed by atoms with E-state index in [9.17, 15) is 17.6 Å². The van der Waals surface area contributed by atoms with Gasteiger partial charge in [-0.3, -0.25) is 4.79 Å². The van der Waals surface area contributed by atoms with Crippen LogP contribution in [0.4, 0.5) is 4.39 Å². The van der Waals surface area contributed by atoms with Gasteiger partial charge in [0.25, 0.3) is 0 Å². The first-order chi connectivity index (χ1) is 12.8. The standard InChI is InChI=1S/C20H25FN2O3S/c1-22(16-18-6-4-3-5-7-18)20(24)13-15-23(27(2,25)26)14-12-17-8-10-19(21)11-9-17/h3-11H,12-16H2,1-2H3. The van der Waals surface area contributed by atoms with E-state index in [2.05, 4.69) is 0 Å². The zero-order chi connectivity index (χ0) is 19.9. The van der Waals surface area contributed by atoms with Crippen molar-refractivity contribution in [3.05, 3.63) is 71.5 Å². The smallest absolute Gasteiger partial charge is 0.223 e. The summed E-state index contributed by atoms with van der Waals surface area (Å²) in [6.07, 6.45) is 1.71. The second kappa shape index (κ2) is 9.62. The lowest BCUT2D eigenvalue weighted by Gasteiger charge is -2.22. The first-order valence-electron chi connectivity index (χ1n) is 8.73. The molecule has 7 heteroatoms. The molecule has 0 aliphatic heterocycles. The fraction of sp³-hybridized carbons (Fsp3) is 0.350. The van der Waals surface area contributed by atoms with E-state index >= 15 is 0 Å². The molecule has 27 heavy (non-hydrogen) atoms. The Bertz CT molecular complexity index is 839. The van der Waals surface area contributed by atoms with Gasteiger partial charge in [0, 0.05) is 33.1 Å². The molecular formula is C20H25FN2O3S. The molecule has 0 fully saturated rings. The van der Waals surface area contributed by atoms with Crippen LogP contribution in [0, 0.1) is 5.82 Å². The van der Waals surface area contributed by atoms with Crippen LogP contribution in [-0.4, -0.2) is 49.9 Å². The van der Waals surface area contributed by atoms with Crippen LogP contribution < -0.4 is 0 Å². The van der Waals surface area contributed by atoms with Gasteiger partial charge in [-0.2, -0.15) is 0 Å². The summed E-state index contributed by atoms with van der Waals surface area (Å²) in [5.41, 5.74) is 1.86. The zero-order valence-corrected chi connectivity index (χ0v) is 16.5. The average Bonchev–Trinajstić information content (AvgIpc) is 2.62. The van der Waals surface area contributed by atoms with Gasteiger partial charge < -0.3 is 4.90 Å². The molecule has 0 bridgehead atoms. The summed E-state index contributed by atoms with van der Waals surface area (Å²) >= 11 is 0. The maximum Gasteiger partial charge on any atom is 0.223 e. The third-order valence-corrected chi connectivity index (χ3v) is 5.60. The van der Waals surface area contributed by atoms with Crippen molar-refractivity contribution in [1.82, 2.24) is 9.21 Å². The van der Waals surface area contributed by atoms with E-state index < -0.39 is 10.0 Å². The first-order valence-corrected chi connectivity index (χ1v) is 10.6. The third kappa shape index (κ3) is 7.11. The monoisotopic (exact) mass is 392 g/mol. The predicted octanol–water partition coefficient (Wildman–Crippen LogP) is 2.68. The van der Waals surface area contributed by atoms with Crippen molar-refractivity contribution in [2.45, 2.75) is 19.4 Å². The fourth-order valence-corrected chi connectivity index (χ4v) is 3.55. The van der Waals surface area contributed by atoms with Crippen molar-refractivity contribution < 1.29 is 17.6 Å². The fourth-order valence-electron chi connectivity index (χ4n) is 2.70. The lowest BCUT2D eigenvalue weighted by molar-refractivity contribution is -0.130. The molecule has 2 rings (SSSR count). The molecule has 0 N–H and O–H groups in total. The van der Waals surface area contributed by atoms with E-state index in [1.165, 1.54) is 16.4 Å². The van der Waals surface area contributed by atoms with E-state index in [1.54, 1.807) is 24.1 Å². The Morgan fingerprint density at radius 2 is 1.59 bits per heavy atom. The van der Waals surface area contributed by atoms with Gasteiger partial charge in [-0.25, -0.2) is 17.1 Å². The summed E-state index contributed by atoms with van der Waals surface area (Å²) in [4.78, 5) is 13.9. The van der Waals surface area contributed by atoms with Gasteiger partial charge in [0.2, 0.25) is 15.9 Å². The van der Waals surface area contributed by atoms with Crippen molar-refractivity contribution in [1.29, 1.82) is 0 Å². The Balaban J connectivity index is 1.89. The van der Waals surface area contributed by atoms with Crippen LogP contribution in [0.25, 0.3) is 0 Å². The maximum atomic E-state index is 13.0. The topological polar surface area (TPSA) is 57.7 Å². The number of hydrogen-bond donors (Lipinski definition) is 0. The minimum atomic E-state index is -3.43. The highest BCUT2D eigenvalue weighted by Gasteiger charge is 2.19. The van der Waals surface area contributed by atoms with Crippen LogP contribution in [0.2, 0.25) is 0 Å². The van der Waals surface area contributed by atoms with Gasteiger partial charge in [0.1, 0.15) is 5.82 Å². The summed E-state index contributed by atoms with van der Waals surface area (Å²) in [6, 6.07) is 15.6. The second-order valence-electron chi connectivity index (χ2n) is 6.52. The Labute approximate surface area is 160 Å². The van der Waals surface area contributed by atoms with Gasteiger partial charge in [0.15, 0.2) is 0 Å². The average molecular weight is 392 g/mol. The largest absolute Gasteiger partial charge is 0.341 e. The normalized spacial score (nSPS) is 11.6. The molecule has 146 valence electrons. The highest BCUT2D eigenvalue weighted by Crippen LogP contribution is 2.09. The molecule has 0 spiro atoms. The Morgan fingerprint density at radius 1 is 0.963 bits per heavy atom. The first kappa shape index (κ1) is 21.1. The van der Waals surface area contributed by atoms with Crippen LogP contribution in [-0.2, 0) is 27.8 Å². The summed E-state index contributed by atoms with van der Waals surface area (Å²) < 4.78 is 38.3. The van der Waals surface area contributed by atoms with Crippen LogP contribution in [0.5, 0.6) is 0 Å². The number of carbonyl (C=O) groups is 1. The maximum absolute atomic E-state index is 13.0. The molecular weight excluding hydrogens is 367 g/mol. The molecule has 0 aliphatic rings. The van der Waals surface area contributed by atoms with Crippen LogP contribution >= 0.6 is 0 Å². The van der Waals surface area contributed by atoms with Crippen molar-refractivity contribution in [2.75, 3.05) is 26.4 Å². The van der Waals surface area contributed by atoms with Gasteiger partial charge in [-0.15, -0.1) is 0 Å². The molecule has 2 aromatic carbocycles. The van der Waals surface area contributed by atoms with Crippen molar-refractivity contribution in [3.63, 3.8) is 0 Å². The summed E-state index contributed by atoms with van der Waals surface area (Å²) in [5.74, 6) is -0.444. The SMILES string of the molecule is CN(Cc1ccccc1)C(=O)CCN(CCc1ccc(F)cc1)S(C)(=O)=O. The van der Waals surface area contributed by atoms with Gasteiger partial charge in [-0.05, 0) is 29.7 Å². The summed E-state index contributed by atoms with van der Waals surface area (Å²) in [5, 5.41) is 0. The van der Waals surface area contributed by atoms with Gasteiger partial charge >= 0.3 is 0 Å². The quantitative estimate of drug-likeness (QED) is 0.659. The van der Waals surface area contributed by atoms with Crippen LogP contribution in [0.3, 0.4) is 0 Å². The minimum Gasteiger partial charge on any atom is -0.341 e. The van der Waals surface area contributed by atoms with E-state index in [-0.39, 0.29) is 31.2 Å². The number of benzene rings is 2. The van der Waals surface area contributed by atoms with Crippen molar-refractivity contribution in [3.8, 4) is 0 Å². The number of halogens is 1. The van der Waals surface area contributed by atoms with Gasteiger partial charge in [-0.1, -0.05) is 42.5 Å². The Kier molecular flexibility index (Phi) is 7.50. The molecule has 2 aromatic rings. The molecule has 1 amide bonds. The molecule has 0 saturated heterocycles. The molecule has 0 aliphatic carbocycles. The number of amides is 1. The highest BCUT2D eigenvalue weighted by molar-refractivity contribution is 7.88.